The molecule has 0 unspecified atom stereocenters. The summed E-state index contributed by atoms with van der Waals surface area (Å²) in [5.74, 6) is -1.09. The fraction of sp³-hybridized carbons (Fsp3) is 0.467. The van der Waals surface area contributed by atoms with Crippen molar-refractivity contribution in [3.63, 3.8) is 0 Å². The third-order valence-corrected chi connectivity index (χ3v) is 4.16. The van der Waals surface area contributed by atoms with Gasteiger partial charge in [-0.3, -0.25) is 4.79 Å². The first-order valence-corrected chi connectivity index (χ1v) is 6.84. The fourth-order valence-corrected chi connectivity index (χ4v) is 2.77. The Morgan fingerprint density at radius 1 is 1.35 bits per heavy atom. The zero-order valence-electron chi connectivity index (χ0n) is 11.6. The van der Waals surface area contributed by atoms with E-state index in [9.17, 15) is 9.59 Å². The highest BCUT2D eigenvalue weighted by Gasteiger charge is 2.39. The van der Waals surface area contributed by atoms with Crippen molar-refractivity contribution in [2.75, 3.05) is 11.9 Å². The maximum Gasteiger partial charge on any atom is 0.336 e. The summed E-state index contributed by atoms with van der Waals surface area (Å²) < 4.78 is 0. The van der Waals surface area contributed by atoms with Crippen molar-refractivity contribution in [1.29, 1.82) is 0 Å². The highest BCUT2D eigenvalue weighted by molar-refractivity contribution is 5.97. The van der Waals surface area contributed by atoms with Crippen molar-refractivity contribution in [1.82, 2.24) is 0 Å². The summed E-state index contributed by atoms with van der Waals surface area (Å²) in [6.45, 7) is 2.06. The van der Waals surface area contributed by atoms with Crippen LogP contribution in [0.5, 0.6) is 0 Å². The second-order valence-electron chi connectivity index (χ2n) is 5.48. The molecule has 2 rings (SSSR count). The van der Waals surface area contributed by atoms with Crippen molar-refractivity contribution >= 4 is 17.6 Å². The van der Waals surface area contributed by atoms with Crippen LogP contribution in [0, 0.1) is 12.3 Å². The van der Waals surface area contributed by atoms with Crippen LogP contribution in [0.15, 0.2) is 18.2 Å². The van der Waals surface area contributed by atoms with Gasteiger partial charge in [0.15, 0.2) is 0 Å². The van der Waals surface area contributed by atoms with Crippen LogP contribution >= 0.6 is 0 Å². The van der Waals surface area contributed by atoms with Crippen molar-refractivity contribution in [2.45, 2.75) is 32.6 Å². The number of aryl methyl sites for hydroxylation is 1. The fourth-order valence-electron chi connectivity index (χ4n) is 2.77. The number of rotatable bonds is 4. The van der Waals surface area contributed by atoms with Gasteiger partial charge in [0.2, 0.25) is 5.91 Å². The van der Waals surface area contributed by atoms with Crippen LogP contribution in [0.1, 0.15) is 41.6 Å². The minimum absolute atomic E-state index is 0.0994. The van der Waals surface area contributed by atoms with E-state index >= 15 is 0 Å². The van der Waals surface area contributed by atoms with Gasteiger partial charge >= 0.3 is 5.97 Å². The average molecular weight is 276 g/mol. The average Bonchev–Trinajstić information content (AvgIpc) is 2.90. The van der Waals surface area contributed by atoms with E-state index in [1.165, 1.54) is 6.07 Å². The second-order valence-corrected chi connectivity index (χ2v) is 5.48. The Morgan fingerprint density at radius 2 is 2.00 bits per heavy atom. The molecule has 0 bridgehead atoms. The first-order valence-electron chi connectivity index (χ1n) is 6.84. The molecule has 0 saturated heterocycles. The lowest BCUT2D eigenvalue weighted by Crippen LogP contribution is -2.40. The number of amides is 1. The number of hydrogen-bond donors (Lipinski definition) is 3. The third kappa shape index (κ3) is 2.67. The molecule has 1 aliphatic carbocycles. The molecule has 0 aromatic heterocycles. The van der Waals surface area contributed by atoms with E-state index in [1.807, 2.05) is 0 Å². The summed E-state index contributed by atoms with van der Waals surface area (Å²) >= 11 is 0. The molecule has 0 radical (unpaired) electrons. The van der Waals surface area contributed by atoms with Crippen LogP contribution < -0.4 is 11.1 Å². The number of carbonyl (C=O) groups is 2. The zero-order valence-corrected chi connectivity index (χ0v) is 11.6. The molecule has 108 valence electrons. The number of hydrogen-bond acceptors (Lipinski definition) is 3. The largest absolute Gasteiger partial charge is 0.478 e. The van der Waals surface area contributed by atoms with E-state index in [2.05, 4.69) is 5.32 Å². The van der Waals surface area contributed by atoms with Gasteiger partial charge in [-0.05, 0) is 37.5 Å². The van der Waals surface area contributed by atoms with Crippen LogP contribution in [-0.4, -0.2) is 23.5 Å². The van der Waals surface area contributed by atoms with Gasteiger partial charge in [-0.15, -0.1) is 0 Å². The number of carboxylic acid groups (broad SMARTS) is 1. The SMILES string of the molecule is Cc1ccc(NC(=O)C2(CN)CCCC2)cc1C(=O)O. The number of carboxylic acids is 1. The lowest BCUT2D eigenvalue weighted by molar-refractivity contribution is -0.124. The Labute approximate surface area is 118 Å². The van der Waals surface area contributed by atoms with Crippen molar-refractivity contribution < 1.29 is 14.7 Å². The predicted octanol–water partition coefficient (Wildman–Crippen LogP) is 2.15. The molecule has 5 nitrogen and oxygen atoms in total. The summed E-state index contributed by atoms with van der Waals surface area (Å²) in [6, 6.07) is 4.91. The predicted molar refractivity (Wildman–Crippen MR) is 76.7 cm³/mol. The number of nitrogens with two attached hydrogens (primary N) is 1. The van der Waals surface area contributed by atoms with Crippen LogP contribution in [0.25, 0.3) is 0 Å². The maximum absolute atomic E-state index is 12.4. The van der Waals surface area contributed by atoms with E-state index in [4.69, 9.17) is 10.8 Å². The van der Waals surface area contributed by atoms with E-state index in [-0.39, 0.29) is 11.5 Å². The minimum Gasteiger partial charge on any atom is -0.478 e. The molecule has 0 aliphatic heterocycles. The molecule has 0 heterocycles. The molecule has 0 atom stereocenters. The first kappa shape index (κ1) is 14.5. The number of nitrogens with one attached hydrogen (secondary N) is 1. The minimum atomic E-state index is -0.993. The highest BCUT2D eigenvalue weighted by Crippen LogP contribution is 2.38. The van der Waals surface area contributed by atoms with Gasteiger partial charge in [-0.1, -0.05) is 18.9 Å². The number of aromatic carboxylic acids is 1. The molecule has 1 aromatic carbocycles. The third-order valence-electron chi connectivity index (χ3n) is 4.16. The van der Waals surface area contributed by atoms with Gasteiger partial charge in [0.1, 0.15) is 0 Å². The van der Waals surface area contributed by atoms with Gasteiger partial charge < -0.3 is 16.2 Å². The lowest BCUT2D eigenvalue weighted by atomic mass is 9.85. The summed E-state index contributed by atoms with van der Waals surface area (Å²) in [5, 5.41) is 11.9. The molecule has 1 aromatic rings. The standard InChI is InChI=1S/C15H20N2O3/c1-10-4-5-11(8-12(10)13(18)19)17-14(20)15(9-16)6-2-3-7-15/h4-5,8H,2-3,6-7,9,16H2,1H3,(H,17,20)(H,18,19). The molecule has 20 heavy (non-hydrogen) atoms. The van der Waals surface area contributed by atoms with Crippen LogP contribution in [0.3, 0.4) is 0 Å². The Hall–Kier alpha value is -1.88. The van der Waals surface area contributed by atoms with Crippen molar-refractivity contribution in [3.8, 4) is 0 Å². The zero-order chi connectivity index (χ0) is 14.8. The Morgan fingerprint density at radius 3 is 2.55 bits per heavy atom. The van der Waals surface area contributed by atoms with E-state index in [0.717, 1.165) is 25.7 Å². The van der Waals surface area contributed by atoms with Gasteiger partial charge in [0, 0.05) is 12.2 Å². The summed E-state index contributed by atoms with van der Waals surface area (Å²) in [5.41, 5.74) is 6.67. The first-order chi connectivity index (χ1) is 9.48. The van der Waals surface area contributed by atoms with Gasteiger partial charge in [0.25, 0.3) is 0 Å². The maximum atomic E-state index is 12.4. The lowest BCUT2D eigenvalue weighted by Gasteiger charge is -2.25. The quantitative estimate of drug-likeness (QED) is 0.785. The summed E-state index contributed by atoms with van der Waals surface area (Å²) in [6.07, 6.45) is 3.62. The topological polar surface area (TPSA) is 92.4 Å². The highest BCUT2D eigenvalue weighted by atomic mass is 16.4. The van der Waals surface area contributed by atoms with Crippen LogP contribution in [-0.2, 0) is 4.79 Å². The summed E-state index contributed by atoms with van der Waals surface area (Å²) in [7, 11) is 0. The monoisotopic (exact) mass is 276 g/mol. The molecule has 1 saturated carbocycles. The molecule has 5 heteroatoms. The van der Waals surface area contributed by atoms with Crippen molar-refractivity contribution in [2.24, 2.45) is 11.1 Å². The summed E-state index contributed by atoms with van der Waals surface area (Å²) in [4.78, 5) is 23.5. The Bertz CT molecular complexity index is 534. The molecule has 1 aliphatic rings. The van der Waals surface area contributed by atoms with Crippen LogP contribution in [0.2, 0.25) is 0 Å². The molecular weight excluding hydrogens is 256 g/mol. The van der Waals surface area contributed by atoms with E-state index in [1.54, 1.807) is 19.1 Å². The van der Waals surface area contributed by atoms with Crippen molar-refractivity contribution in [3.05, 3.63) is 29.3 Å². The molecule has 1 fully saturated rings. The normalized spacial score (nSPS) is 16.9. The molecular formula is C15H20N2O3. The number of carbonyl (C=O) groups excluding carboxylic acids is 1. The van der Waals surface area contributed by atoms with Gasteiger partial charge in [0.05, 0.1) is 11.0 Å². The second kappa shape index (κ2) is 5.63. The number of benzene rings is 1. The molecule has 4 N–H and O–H groups in total. The van der Waals surface area contributed by atoms with Gasteiger partial charge in [-0.2, -0.15) is 0 Å². The van der Waals surface area contributed by atoms with Crippen LogP contribution in [0.4, 0.5) is 5.69 Å². The molecule has 0 spiro atoms. The smallest absolute Gasteiger partial charge is 0.336 e. The van der Waals surface area contributed by atoms with E-state index < -0.39 is 11.4 Å². The van der Waals surface area contributed by atoms with Gasteiger partial charge in [-0.25, -0.2) is 4.79 Å². The molecule has 1 amide bonds. The number of anilines is 1. The van der Waals surface area contributed by atoms with E-state index in [0.29, 0.717) is 17.8 Å². The Balaban J connectivity index is 2.19. The Kier molecular flexibility index (Phi) is 4.09.